The van der Waals surface area contributed by atoms with Crippen molar-refractivity contribution < 1.29 is 36.3 Å². The molecule has 2 aromatic carbocycles. The Morgan fingerprint density at radius 1 is 0.944 bits per heavy atom. The van der Waals surface area contributed by atoms with Gasteiger partial charge in [-0.15, -0.1) is 0 Å². The quantitative estimate of drug-likeness (QED) is 0.366. The fraction of sp³-hybridized carbons (Fsp3) is 0.0870. The Balaban J connectivity index is 0.000000454. The van der Waals surface area contributed by atoms with E-state index in [2.05, 4.69) is 4.72 Å². The number of carbonyl (C=O) groups is 2. The van der Waals surface area contributed by atoms with E-state index in [0.29, 0.717) is 21.5 Å². The zero-order chi connectivity index (χ0) is 26.7. The molecule has 0 amide bonds. The largest absolute Gasteiger partial charge is 0.490 e. The average molecular weight is 539 g/mol. The maximum atomic E-state index is 13.2. The third-order valence-electron chi connectivity index (χ3n) is 4.54. The van der Waals surface area contributed by atoms with Crippen LogP contribution in [0.4, 0.5) is 18.2 Å². The number of hydrogen-bond acceptors (Lipinski definition) is 6. The molecule has 0 aliphatic rings. The molecule has 2 heterocycles. The van der Waals surface area contributed by atoms with Crippen molar-refractivity contribution in [1.29, 1.82) is 0 Å². The van der Waals surface area contributed by atoms with Crippen LogP contribution in [0, 0.1) is 0 Å². The molecule has 0 aliphatic heterocycles. The molecule has 0 atom stereocenters. The molecule has 4 rings (SSSR count). The number of fused-ring (bicyclic) bond motifs is 1. The van der Waals surface area contributed by atoms with Crippen LogP contribution in [-0.2, 0) is 14.8 Å². The van der Waals surface area contributed by atoms with Gasteiger partial charge in [-0.25, -0.2) is 13.2 Å². The summed E-state index contributed by atoms with van der Waals surface area (Å²) in [6, 6.07) is 20.6. The highest BCUT2D eigenvalue weighted by atomic mass is 32.2. The predicted octanol–water partition coefficient (Wildman–Crippen LogP) is 4.29. The molecular weight excluding hydrogens is 521 g/mol. The van der Waals surface area contributed by atoms with Crippen LogP contribution < -0.4 is 10.3 Å². The Bertz CT molecular complexity index is 1580. The number of carboxylic acids is 1. The van der Waals surface area contributed by atoms with Crippen molar-refractivity contribution >= 4 is 48.3 Å². The van der Waals surface area contributed by atoms with Gasteiger partial charge in [0.2, 0.25) is 10.0 Å². The smallest absolute Gasteiger partial charge is 0.475 e. The van der Waals surface area contributed by atoms with Gasteiger partial charge in [0.1, 0.15) is 9.83 Å². The van der Waals surface area contributed by atoms with Gasteiger partial charge in [-0.2, -0.15) is 13.2 Å². The van der Waals surface area contributed by atoms with Gasteiger partial charge >= 0.3 is 12.1 Å². The topological polar surface area (TPSA) is 123 Å². The van der Waals surface area contributed by atoms with E-state index >= 15 is 0 Å². The molecule has 0 bridgehead atoms. The third-order valence-corrected chi connectivity index (χ3v) is 6.35. The lowest BCUT2D eigenvalue weighted by atomic mass is 10.0. The zero-order valence-corrected chi connectivity index (χ0v) is 19.9. The van der Waals surface area contributed by atoms with Crippen molar-refractivity contribution in [3.8, 4) is 5.69 Å². The highest BCUT2D eigenvalue weighted by Gasteiger charge is 2.38. The number of nitrogens with zero attached hydrogens (tertiary/aromatic N) is 1. The Morgan fingerprint density at radius 2 is 1.47 bits per heavy atom. The van der Waals surface area contributed by atoms with Crippen LogP contribution >= 0.6 is 11.3 Å². The summed E-state index contributed by atoms with van der Waals surface area (Å²) in [6.07, 6.45) is -4.06. The molecule has 188 valence electrons. The van der Waals surface area contributed by atoms with Crippen LogP contribution in [0.3, 0.4) is 0 Å². The van der Waals surface area contributed by atoms with E-state index in [1.165, 1.54) is 10.6 Å². The van der Waals surface area contributed by atoms with E-state index in [-0.39, 0.29) is 21.9 Å². The summed E-state index contributed by atoms with van der Waals surface area (Å²) in [5.41, 5.74) is 1.02. The fourth-order valence-corrected chi connectivity index (χ4v) is 5.23. The molecule has 13 heteroatoms. The number of benzene rings is 2. The van der Waals surface area contributed by atoms with Crippen molar-refractivity contribution in [2.45, 2.75) is 6.18 Å². The molecule has 36 heavy (non-hydrogen) atoms. The summed E-state index contributed by atoms with van der Waals surface area (Å²) >= 11 is 1.06. The van der Waals surface area contributed by atoms with E-state index in [0.717, 1.165) is 17.6 Å². The highest BCUT2D eigenvalue weighted by Crippen LogP contribution is 2.38. The van der Waals surface area contributed by atoms with Crippen LogP contribution in [-0.4, -0.2) is 42.3 Å². The number of anilines is 1. The minimum Gasteiger partial charge on any atom is -0.475 e. The van der Waals surface area contributed by atoms with E-state index < -0.39 is 22.2 Å². The summed E-state index contributed by atoms with van der Waals surface area (Å²) in [5, 5.41) is 7.82. The van der Waals surface area contributed by atoms with E-state index in [1.807, 2.05) is 6.07 Å². The van der Waals surface area contributed by atoms with Crippen LogP contribution in [0.5, 0.6) is 0 Å². The monoisotopic (exact) mass is 538 g/mol. The minimum absolute atomic E-state index is 0.187. The average Bonchev–Trinajstić information content (AvgIpc) is 3.15. The van der Waals surface area contributed by atoms with E-state index in [9.17, 15) is 31.2 Å². The first kappa shape index (κ1) is 26.6. The Hall–Kier alpha value is -3.97. The number of thiophene rings is 1. The summed E-state index contributed by atoms with van der Waals surface area (Å²) in [5.74, 6) is -3.08. The number of ketones is 1. The second-order valence-electron chi connectivity index (χ2n) is 7.24. The van der Waals surface area contributed by atoms with E-state index in [1.54, 1.807) is 60.7 Å². The number of aromatic nitrogens is 1. The number of hydrogen-bond donors (Lipinski definition) is 2. The van der Waals surface area contributed by atoms with E-state index in [4.69, 9.17) is 9.90 Å². The molecule has 8 nitrogen and oxygen atoms in total. The first-order valence-electron chi connectivity index (χ1n) is 9.91. The number of nitrogens with one attached hydrogen (secondary N) is 1. The van der Waals surface area contributed by atoms with Gasteiger partial charge in [-0.05, 0) is 18.2 Å². The van der Waals surface area contributed by atoms with Crippen molar-refractivity contribution in [1.82, 2.24) is 4.57 Å². The van der Waals surface area contributed by atoms with Crippen molar-refractivity contribution in [3.63, 3.8) is 0 Å². The van der Waals surface area contributed by atoms with Gasteiger partial charge in [-0.1, -0.05) is 59.9 Å². The number of carbonyl (C=O) groups excluding carboxylic acids is 1. The Labute approximate surface area is 206 Å². The number of para-hydroxylation sites is 1. The molecule has 0 aliphatic carbocycles. The molecule has 0 saturated carbocycles. The number of alkyl halides is 3. The number of aliphatic carboxylic acids is 1. The van der Waals surface area contributed by atoms with Gasteiger partial charge in [0.05, 0.1) is 17.5 Å². The van der Waals surface area contributed by atoms with Crippen molar-refractivity contribution in [2.24, 2.45) is 0 Å². The maximum Gasteiger partial charge on any atom is 0.490 e. The molecule has 2 aromatic heterocycles. The third kappa shape index (κ3) is 6.17. The number of sulfonamides is 1. The van der Waals surface area contributed by atoms with Crippen LogP contribution in [0.15, 0.2) is 77.6 Å². The van der Waals surface area contributed by atoms with Crippen LogP contribution in [0.1, 0.15) is 15.9 Å². The highest BCUT2D eigenvalue weighted by molar-refractivity contribution is 7.92. The first-order valence-corrected chi connectivity index (χ1v) is 12.6. The molecular formula is C23H17F3N2O6S2. The van der Waals surface area contributed by atoms with Gasteiger partial charge in [-0.3, -0.25) is 18.9 Å². The van der Waals surface area contributed by atoms with Gasteiger partial charge in [0.15, 0.2) is 5.78 Å². The lowest BCUT2D eigenvalue weighted by molar-refractivity contribution is -0.192. The number of rotatable bonds is 5. The molecule has 4 aromatic rings. The standard InChI is InChI=1S/C21H16N2O4S2.C2HF3O2/c1-29(26,27)22-20-18(19(25)14-8-4-2-5-9-14)16-12-13-17(24)23(21(16)28-20)15-10-6-3-7-11-15;3-2(4,5)1(6)7/h2-13,22H,1H3;(H,6,7). The first-order chi connectivity index (χ1) is 16.8. The van der Waals surface area contributed by atoms with Crippen molar-refractivity contribution in [3.05, 3.63) is 94.3 Å². The molecule has 0 unspecified atom stereocenters. The number of halogens is 3. The summed E-state index contributed by atoms with van der Waals surface area (Å²) in [4.78, 5) is 35.3. The fourth-order valence-electron chi connectivity index (χ4n) is 3.10. The molecule has 0 saturated heterocycles. The Kier molecular flexibility index (Phi) is 7.65. The lowest BCUT2D eigenvalue weighted by Crippen LogP contribution is -2.21. The van der Waals surface area contributed by atoms with Crippen LogP contribution in [0.2, 0.25) is 0 Å². The SMILES string of the molecule is CS(=O)(=O)Nc1sc2c(ccc(=O)n2-c2ccccc2)c1C(=O)c1ccccc1.O=C(O)C(F)(F)F. The van der Waals surface area contributed by atoms with Crippen LogP contribution in [0.25, 0.3) is 15.9 Å². The molecule has 0 spiro atoms. The minimum atomic E-state index is -5.08. The lowest BCUT2D eigenvalue weighted by Gasteiger charge is -2.07. The maximum absolute atomic E-state index is 13.2. The van der Waals surface area contributed by atoms with Crippen molar-refractivity contribution in [2.75, 3.05) is 11.0 Å². The number of pyridine rings is 1. The van der Waals surface area contributed by atoms with Gasteiger partial charge < -0.3 is 5.11 Å². The Morgan fingerprint density at radius 3 is 1.97 bits per heavy atom. The van der Waals surface area contributed by atoms with Gasteiger partial charge in [0, 0.05) is 17.0 Å². The zero-order valence-electron chi connectivity index (χ0n) is 18.3. The number of carboxylic acid groups (broad SMARTS) is 1. The molecule has 2 N–H and O–H groups in total. The second kappa shape index (κ2) is 10.3. The summed E-state index contributed by atoms with van der Waals surface area (Å²) < 4.78 is 59.5. The molecule has 0 fully saturated rings. The summed E-state index contributed by atoms with van der Waals surface area (Å²) in [7, 11) is -3.63. The predicted molar refractivity (Wildman–Crippen MR) is 129 cm³/mol. The normalized spacial score (nSPS) is 11.4. The second-order valence-corrected chi connectivity index (χ2v) is 9.99. The van der Waals surface area contributed by atoms with Gasteiger partial charge in [0.25, 0.3) is 5.56 Å². The summed E-state index contributed by atoms with van der Waals surface area (Å²) in [6.45, 7) is 0. The molecule has 0 radical (unpaired) electrons.